The second-order valence-electron chi connectivity index (χ2n) is 23.0. The third-order valence-corrected chi connectivity index (χ3v) is 20.1. The van der Waals surface area contributed by atoms with Crippen LogP contribution in [0, 0.1) is 62.6 Å². The van der Waals surface area contributed by atoms with Gasteiger partial charge in [-0.05, 0) is 117 Å². The van der Waals surface area contributed by atoms with Gasteiger partial charge in [0.25, 0.3) is 0 Å². The van der Waals surface area contributed by atoms with E-state index in [0.717, 1.165) is 32.0 Å². The molecular weight excluding hydrogens is 897 g/mol. The van der Waals surface area contributed by atoms with E-state index in [4.69, 9.17) is 28.4 Å². The monoisotopic (exact) mass is 972 g/mol. The number of rotatable bonds is 11. The second kappa shape index (κ2) is 18.8. The van der Waals surface area contributed by atoms with Crippen molar-refractivity contribution in [2.24, 2.45) is 62.6 Å². The number of aliphatic hydroxyl groups excluding tert-OH is 10. The molecule has 3 heterocycles. The predicted molar refractivity (Wildman–Crippen MR) is 231 cm³/mol. The third kappa shape index (κ3) is 7.93. The fourth-order valence-corrected chi connectivity index (χ4v) is 15.8. The Kier molecular flexibility index (Phi) is 14.5. The summed E-state index contributed by atoms with van der Waals surface area (Å²) in [5.41, 5.74) is -2.85. The Bertz CT molecular complexity index is 1860. The van der Waals surface area contributed by atoms with Crippen molar-refractivity contribution in [3.8, 4) is 0 Å². The molecule has 5 saturated carbocycles. The maximum Gasteiger partial charge on any atom is 0.314 e. The number of carboxylic acid groups (broad SMARTS) is 1. The molecule has 20 nitrogen and oxygen atoms in total. The minimum Gasteiger partial charge on any atom is -0.481 e. The number of ether oxygens (including phenoxy) is 6. The number of esters is 1. The molecule has 0 unspecified atom stereocenters. The van der Waals surface area contributed by atoms with Crippen molar-refractivity contribution < 1.29 is 99.0 Å². The van der Waals surface area contributed by atoms with Crippen LogP contribution >= 0.6 is 0 Å². The van der Waals surface area contributed by atoms with Gasteiger partial charge in [0, 0.05) is 0 Å². The van der Waals surface area contributed by atoms with Crippen LogP contribution in [0.2, 0.25) is 0 Å². The molecule has 0 spiro atoms. The standard InChI is InChI=1S/C48H76O20/c1-20(39(60)61)22-9-14-48(16-15-46(5)23(29(22)48)7-8-27-44(3)12-11-28(51)45(4,19-50)26(44)10-13-47(27,46)6)43(62)68-42-36(58)33(55)31(53)25(66-42)18-63-40-37(59)34(56)38(24(17-49)65-40)67-41-35(57)32(54)30(52)21(2)64-41/h19-38,40-42,49,51-59H,7-18H2,1-6H3,(H,60,61)/t20-,21-,22-,23+,24+,25+,26+,27+,28+,29+,30-,31+,32+,33-,34+,35+,36+,37+,38+,40+,41-,42-,44-,45-,46+,47+,48-/m0/s1. The molecule has 8 fully saturated rings. The minimum absolute atomic E-state index is 0.00468. The first kappa shape index (κ1) is 52.3. The summed E-state index contributed by atoms with van der Waals surface area (Å²) < 4.78 is 34.5. The van der Waals surface area contributed by atoms with E-state index in [1.165, 1.54) is 6.92 Å². The highest BCUT2D eigenvalue weighted by atomic mass is 16.8. The summed E-state index contributed by atoms with van der Waals surface area (Å²) in [4.78, 5) is 40.5. The summed E-state index contributed by atoms with van der Waals surface area (Å²) in [6.45, 7) is 10.5. The van der Waals surface area contributed by atoms with Crippen LogP contribution in [0.15, 0.2) is 0 Å². The van der Waals surface area contributed by atoms with Crippen molar-refractivity contribution in [2.75, 3.05) is 13.2 Å². The van der Waals surface area contributed by atoms with Crippen LogP contribution in [0.5, 0.6) is 0 Å². The molecule has 20 heteroatoms. The molecule has 0 aromatic rings. The molecule has 5 aliphatic carbocycles. The molecule has 27 atom stereocenters. The molecule has 0 aromatic heterocycles. The Morgan fingerprint density at radius 2 is 1.32 bits per heavy atom. The summed E-state index contributed by atoms with van der Waals surface area (Å²) in [6, 6.07) is 0. The van der Waals surface area contributed by atoms with Gasteiger partial charge in [0.05, 0.1) is 42.2 Å². The molecule has 11 N–H and O–H groups in total. The smallest absolute Gasteiger partial charge is 0.314 e. The van der Waals surface area contributed by atoms with Crippen LogP contribution in [0.4, 0.5) is 0 Å². The van der Waals surface area contributed by atoms with Gasteiger partial charge in [0.1, 0.15) is 73.4 Å². The topological polar surface area (TPSA) is 329 Å². The van der Waals surface area contributed by atoms with E-state index in [-0.39, 0.29) is 39.9 Å². The maximum absolute atomic E-state index is 15.0. The number of carbonyl (C=O) groups excluding carboxylic acids is 2. The second-order valence-corrected chi connectivity index (χ2v) is 23.0. The van der Waals surface area contributed by atoms with Crippen LogP contribution in [-0.2, 0) is 42.8 Å². The summed E-state index contributed by atoms with van der Waals surface area (Å²) in [6.07, 6.45) is -18.5. The molecule has 8 aliphatic rings. The number of hydrogen-bond donors (Lipinski definition) is 11. The zero-order chi connectivity index (χ0) is 49.8. The number of aldehydes is 1. The molecule has 3 aliphatic heterocycles. The molecule has 0 bridgehead atoms. The zero-order valence-corrected chi connectivity index (χ0v) is 39.9. The number of hydrogen-bond acceptors (Lipinski definition) is 19. The number of carbonyl (C=O) groups is 3. The molecule has 8 rings (SSSR count). The number of aliphatic carboxylic acids is 1. The third-order valence-electron chi connectivity index (χ3n) is 20.1. The molecule has 0 radical (unpaired) electrons. The average Bonchev–Trinajstić information content (AvgIpc) is 3.71. The van der Waals surface area contributed by atoms with Gasteiger partial charge >= 0.3 is 11.9 Å². The lowest BCUT2D eigenvalue weighted by Crippen LogP contribution is -2.68. The van der Waals surface area contributed by atoms with Gasteiger partial charge in [0.15, 0.2) is 12.6 Å². The lowest BCUT2D eigenvalue weighted by Gasteiger charge is -2.72. The Morgan fingerprint density at radius 1 is 0.676 bits per heavy atom. The van der Waals surface area contributed by atoms with Gasteiger partial charge in [0.2, 0.25) is 6.29 Å². The molecular formula is C48H76O20. The van der Waals surface area contributed by atoms with E-state index in [9.17, 15) is 65.8 Å². The summed E-state index contributed by atoms with van der Waals surface area (Å²) in [5, 5.41) is 118. The van der Waals surface area contributed by atoms with Gasteiger partial charge < -0.3 is 89.4 Å². The fraction of sp³-hybridized carbons (Fsp3) is 0.938. The van der Waals surface area contributed by atoms with Crippen molar-refractivity contribution in [3.63, 3.8) is 0 Å². The van der Waals surface area contributed by atoms with E-state index in [1.54, 1.807) is 6.92 Å². The van der Waals surface area contributed by atoms with E-state index < -0.39 is 146 Å². The first-order chi connectivity index (χ1) is 31.9. The highest BCUT2D eigenvalue weighted by Crippen LogP contribution is 2.77. The van der Waals surface area contributed by atoms with Gasteiger partial charge in [-0.3, -0.25) is 9.59 Å². The summed E-state index contributed by atoms with van der Waals surface area (Å²) >= 11 is 0. The van der Waals surface area contributed by atoms with Crippen molar-refractivity contribution in [3.05, 3.63) is 0 Å². The Balaban J connectivity index is 0.985. The largest absolute Gasteiger partial charge is 0.481 e. The molecule has 68 heavy (non-hydrogen) atoms. The van der Waals surface area contributed by atoms with Crippen molar-refractivity contribution in [1.29, 1.82) is 0 Å². The normalized spacial score (nSPS) is 55.1. The van der Waals surface area contributed by atoms with Crippen LogP contribution < -0.4 is 0 Å². The highest BCUT2D eigenvalue weighted by Gasteiger charge is 2.73. The van der Waals surface area contributed by atoms with Crippen LogP contribution in [0.1, 0.15) is 106 Å². The SMILES string of the molecule is C[C@@H]1O[C@@H](O[C@H]2[C@H](O)[C@@H](O)[C@H](OC[C@H]3O[C@@H](OC(=O)[C@]45CC[C@@H]([C@H](C)C(=O)O)[C@@H]4[C@H]4CC[C@@H]6[C@@]7(C)CC[C@@H](O)[C@@](C)(C=O)[C@@H]7CC[C@@]6(C)[C@]4(C)CC5)[C@H](O)[C@@H](O)[C@@H]3O)O[C@@H]2CO)[C@H](O)[C@H](O)[C@H]1O. The lowest BCUT2D eigenvalue weighted by molar-refractivity contribution is -0.361. The lowest BCUT2D eigenvalue weighted by atomic mass is 9.32. The summed E-state index contributed by atoms with van der Waals surface area (Å²) in [5.74, 6) is -3.18. The van der Waals surface area contributed by atoms with Gasteiger partial charge in [-0.25, -0.2) is 0 Å². The quantitative estimate of drug-likeness (QED) is 0.0905. The van der Waals surface area contributed by atoms with E-state index in [0.29, 0.717) is 38.5 Å². The molecule has 3 saturated heterocycles. The zero-order valence-electron chi connectivity index (χ0n) is 39.9. The average molecular weight is 973 g/mol. The Hall–Kier alpha value is -1.99. The minimum atomic E-state index is -1.92. The van der Waals surface area contributed by atoms with E-state index in [2.05, 4.69) is 20.8 Å². The number of carboxylic acids is 1. The van der Waals surface area contributed by atoms with E-state index >= 15 is 4.79 Å². The molecule has 0 amide bonds. The van der Waals surface area contributed by atoms with Gasteiger partial charge in [-0.1, -0.05) is 34.6 Å². The number of fused-ring (bicyclic) bond motifs is 7. The highest BCUT2D eigenvalue weighted by molar-refractivity contribution is 5.79. The Morgan fingerprint density at radius 3 is 1.99 bits per heavy atom. The molecule has 0 aromatic carbocycles. The summed E-state index contributed by atoms with van der Waals surface area (Å²) in [7, 11) is 0. The van der Waals surface area contributed by atoms with Crippen molar-refractivity contribution >= 4 is 18.2 Å². The fourth-order valence-electron chi connectivity index (χ4n) is 15.8. The first-order valence-corrected chi connectivity index (χ1v) is 24.7. The first-order valence-electron chi connectivity index (χ1n) is 24.7. The van der Waals surface area contributed by atoms with Crippen LogP contribution in [-0.4, -0.2) is 186 Å². The maximum atomic E-state index is 15.0. The van der Waals surface area contributed by atoms with Gasteiger partial charge in [-0.15, -0.1) is 0 Å². The van der Waals surface area contributed by atoms with Gasteiger partial charge in [-0.2, -0.15) is 0 Å². The van der Waals surface area contributed by atoms with Crippen molar-refractivity contribution in [2.45, 2.75) is 204 Å². The van der Waals surface area contributed by atoms with E-state index in [1.807, 2.05) is 6.92 Å². The van der Waals surface area contributed by atoms with Crippen LogP contribution in [0.3, 0.4) is 0 Å². The van der Waals surface area contributed by atoms with Crippen LogP contribution in [0.25, 0.3) is 0 Å². The Labute approximate surface area is 396 Å². The predicted octanol–water partition coefficient (Wildman–Crippen LogP) is -0.652. The molecule has 388 valence electrons. The van der Waals surface area contributed by atoms with Crippen molar-refractivity contribution in [1.82, 2.24) is 0 Å². The number of aliphatic hydroxyl groups is 10.